The summed E-state index contributed by atoms with van der Waals surface area (Å²) in [5, 5.41) is 14.4. The van der Waals surface area contributed by atoms with Crippen molar-refractivity contribution in [1.82, 2.24) is 9.88 Å². The number of hydrogen-bond donors (Lipinski definition) is 1. The summed E-state index contributed by atoms with van der Waals surface area (Å²) in [6.45, 7) is 2.85. The Balaban J connectivity index is 1.39. The number of amides is 1. The van der Waals surface area contributed by atoms with Crippen LogP contribution in [0, 0.1) is 10.1 Å². The van der Waals surface area contributed by atoms with E-state index >= 15 is 0 Å². The third-order valence-electron chi connectivity index (χ3n) is 4.79. The van der Waals surface area contributed by atoms with Crippen LogP contribution in [0.3, 0.4) is 0 Å². The molecule has 0 aliphatic carbocycles. The molecule has 1 unspecified atom stereocenters. The fraction of sp³-hybridized carbons (Fsp3) is 0.444. The molecular formula is C18H20N4O4S. The van der Waals surface area contributed by atoms with Crippen molar-refractivity contribution in [3.8, 4) is 0 Å². The van der Waals surface area contributed by atoms with Crippen LogP contribution in [-0.2, 0) is 29.0 Å². The maximum atomic E-state index is 12.2. The molecule has 8 nitrogen and oxygen atoms in total. The van der Waals surface area contributed by atoms with Gasteiger partial charge in [-0.25, -0.2) is 4.98 Å². The quantitative estimate of drug-likeness (QED) is 0.625. The van der Waals surface area contributed by atoms with Gasteiger partial charge in [0, 0.05) is 49.7 Å². The van der Waals surface area contributed by atoms with Crippen LogP contribution in [0.15, 0.2) is 24.3 Å². The molecule has 2 aromatic rings. The van der Waals surface area contributed by atoms with Crippen LogP contribution in [0.1, 0.15) is 29.0 Å². The molecule has 2 aliphatic heterocycles. The predicted octanol–water partition coefficient (Wildman–Crippen LogP) is 2.73. The number of carbonyl (C=O) groups is 1. The van der Waals surface area contributed by atoms with Gasteiger partial charge in [-0.05, 0) is 18.4 Å². The van der Waals surface area contributed by atoms with Crippen LogP contribution in [-0.4, -0.2) is 40.0 Å². The van der Waals surface area contributed by atoms with Crippen molar-refractivity contribution >= 4 is 28.1 Å². The highest BCUT2D eigenvalue weighted by atomic mass is 32.1. The summed E-state index contributed by atoms with van der Waals surface area (Å²) < 4.78 is 5.41. The van der Waals surface area contributed by atoms with Crippen molar-refractivity contribution in [1.29, 1.82) is 0 Å². The van der Waals surface area contributed by atoms with E-state index in [0.29, 0.717) is 18.3 Å². The Bertz CT molecular complexity index is 863. The van der Waals surface area contributed by atoms with Gasteiger partial charge < -0.3 is 4.74 Å². The highest BCUT2D eigenvalue weighted by Gasteiger charge is 2.26. The minimum atomic E-state index is -0.371. The summed E-state index contributed by atoms with van der Waals surface area (Å²) in [6.07, 6.45) is 2.11. The Labute approximate surface area is 160 Å². The molecule has 0 bridgehead atoms. The number of fused-ring (bicyclic) bond motifs is 1. The molecular weight excluding hydrogens is 368 g/mol. The molecule has 27 heavy (non-hydrogen) atoms. The lowest BCUT2D eigenvalue weighted by molar-refractivity contribution is -0.384. The third kappa shape index (κ3) is 4.15. The molecule has 1 N–H and O–H groups in total. The van der Waals surface area contributed by atoms with Crippen LogP contribution in [0.2, 0.25) is 0 Å². The molecule has 0 saturated carbocycles. The van der Waals surface area contributed by atoms with Crippen molar-refractivity contribution < 1.29 is 14.5 Å². The maximum absolute atomic E-state index is 12.2. The van der Waals surface area contributed by atoms with E-state index in [-0.39, 0.29) is 22.6 Å². The SMILES string of the molecule is O=C(Nc1nc2c(s1)CN(Cc1cccc([N+](=O)[O-])c1)CC2)C1CCCO1. The molecule has 1 amide bonds. The minimum Gasteiger partial charge on any atom is -0.368 e. The fourth-order valence-corrected chi connectivity index (χ4v) is 4.49. The largest absolute Gasteiger partial charge is 0.368 e. The number of nitro benzene ring substituents is 1. The number of nitro groups is 1. The zero-order chi connectivity index (χ0) is 18.8. The van der Waals surface area contributed by atoms with E-state index in [1.165, 1.54) is 17.4 Å². The molecule has 1 fully saturated rings. The zero-order valence-electron chi connectivity index (χ0n) is 14.7. The Morgan fingerprint density at radius 3 is 3.15 bits per heavy atom. The normalized spacial score (nSPS) is 19.6. The number of anilines is 1. The van der Waals surface area contributed by atoms with Gasteiger partial charge in [0.1, 0.15) is 6.10 Å². The highest BCUT2D eigenvalue weighted by molar-refractivity contribution is 7.15. The number of nitrogens with zero attached hydrogens (tertiary/aromatic N) is 3. The van der Waals surface area contributed by atoms with Gasteiger partial charge >= 0.3 is 0 Å². The van der Waals surface area contributed by atoms with Crippen molar-refractivity contribution in [2.24, 2.45) is 0 Å². The van der Waals surface area contributed by atoms with Crippen LogP contribution < -0.4 is 5.32 Å². The lowest BCUT2D eigenvalue weighted by Crippen LogP contribution is -2.29. The first-order valence-corrected chi connectivity index (χ1v) is 9.77. The monoisotopic (exact) mass is 388 g/mol. The van der Waals surface area contributed by atoms with Crippen LogP contribution in [0.4, 0.5) is 10.8 Å². The Morgan fingerprint density at radius 1 is 1.48 bits per heavy atom. The van der Waals surface area contributed by atoms with E-state index in [0.717, 1.165) is 48.5 Å². The van der Waals surface area contributed by atoms with Gasteiger partial charge in [-0.15, -0.1) is 11.3 Å². The predicted molar refractivity (Wildman–Crippen MR) is 101 cm³/mol. The summed E-state index contributed by atoms with van der Waals surface area (Å²) in [5.74, 6) is -0.118. The Morgan fingerprint density at radius 2 is 2.37 bits per heavy atom. The summed E-state index contributed by atoms with van der Waals surface area (Å²) in [5.41, 5.74) is 2.06. The smallest absolute Gasteiger partial charge is 0.269 e. The lowest BCUT2D eigenvalue weighted by Gasteiger charge is -2.25. The number of ether oxygens (including phenoxy) is 1. The third-order valence-corrected chi connectivity index (χ3v) is 5.79. The first kappa shape index (κ1) is 18.0. The van der Waals surface area contributed by atoms with Gasteiger partial charge in [-0.3, -0.25) is 25.1 Å². The molecule has 0 radical (unpaired) electrons. The van der Waals surface area contributed by atoms with E-state index in [9.17, 15) is 14.9 Å². The minimum absolute atomic E-state index is 0.113. The van der Waals surface area contributed by atoms with Gasteiger partial charge in [0.25, 0.3) is 11.6 Å². The second kappa shape index (κ2) is 7.71. The summed E-state index contributed by atoms with van der Waals surface area (Å²) >= 11 is 1.50. The summed E-state index contributed by atoms with van der Waals surface area (Å²) in [6, 6.07) is 6.75. The number of aromatic nitrogens is 1. The second-order valence-corrected chi connectivity index (χ2v) is 7.85. The number of hydrogen-bond acceptors (Lipinski definition) is 7. The van der Waals surface area contributed by atoms with Crippen LogP contribution in [0.5, 0.6) is 0 Å². The number of non-ortho nitro benzene ring substituents is 1. The van der Waals surface area contributed by atoms with Gasteiger partial charge in [-0.2, -0.15) is 0 Å². The molecule has 142 valence electrons. The molecule has 1 saturated heterocycles. The van der Waals surface area contributed by atoms with E-state index < -0.39 is 0 Å². The van der Waals surface area contributed by atoms with Gasteiger partial charge in [0.05, 0.1) is 10.6 Å². The van der Waals surface area contributed by atoms with E-state index in [1.54, 1.807) is 12.1 Å². The van der Waals surface area contributed by atoms with Crippen LogP contribution in [0.25, 0.3) is 0 Å². The fourth-order valence-electron chi connectivity index (χ4n) is 3.43. The van der Waals surface area contributed by atoms with E-state index in [1.807, 2.05) is 6.07 Å². The van der Waals surface area contributed by atoms with E-state index in [2.05, 4.69) is 15.2 Å². The molecule has 2 aliphatic rings. The number of benzene rings is 1. The number of nitrogens with one attached hydrogen (secondary N) is 1. The molecule has 9 heteroatoms. The zero-order valence-corrected chi connectivity index (χ0v) is 15.5. The molecule has 1 aromatic heterocycles. The standard InChI is InChI=1S/C18H20N4O4S/c23-17(15-5-2-8-26-15)20-18-19-14-6-7-21(11-16(14)27-18)10-12-3-1-4-13(9-12)22(24)25/h1,3-4,9,15H,2,5-8,10-11H2,(H,19,20,23). The number of carbonyl (C=O) groups excluding carboxylic acids is 1. The molecule has 0 spiro atoms. The maximum Gasteiger partial charge on any atom is 0.269 e. The average Bonchev–Trinajstić information content (AvgIpc) is 3.31. The van der Waals surface area contributed by atoms with Gasteiger partial charge in [0.2, 0.25) is 0 Å². The summed E-state index contributed by atoms with van der Waals surface area (Å²) in [7, 11) is 0. The van der Waals surface area contributed by atoms with Crippen molar-refractivity contribution in [2.45, 2.75) is 38.5 Å². The second-order valence-electron chi connectivity index (χ2n) is 6.77. The number of rotatable bonds is 5. The number of thiazole rings is 1. The summed E-state index contributed by atoms with van der Waals surface area (Å²) in [4.78, 5) is 30.7. The van der Waals surface area contributed by atoms with E-state index in [4.69, 9.17) is 4.74 Å². The topological polar surface area (TPSA) is 97.6 Å². The Hall–Kier alpha value is -2.36. The molecule has 1 aromatic carbocycles. The molecule has 4 rings (SSSR count). The van der Waals surface area contributed by atoms with Gasteiger partial charge in [0.15, 0.2) is 5.13 Å². The lowest BCUT2D eigenvalue weighted by atomic mass is 10.1. The highest BCUT2D eigenvalue weighted by Crippen LogP contribution is 2.30. The Kier molecular flexibility index (Phi) is 5.15. The molecule has 3 heterocycles. The first-order valence-electron chi connectivity index (χ1n) is 8.95. The van der Waals surface area contributed by atoms with Crippen molar-refractivity contribution in [3.63, 3.8) is 0 Å². The van der Waals surface area contributed by atoms with Crippen LogP contribution >= 0.6 is 11.3 Å². The first-order chi connectivity index (χ1) is 13.1. The molecule has 1 atom stereocenters. The van der Waals surface area contributed by atoms with Gasteiger partial charge in [-0.1, -0.05) is 12.1 Å². The van der Waals surface area contributed by atoms with Crippen molar-refractivity contribution in [3.05, 3.63) is 50.5 Å². The van der Waals surface area contributed by atoms with Crippen molar-refractivity contribution in [2.75, 3.05) is 18.5 Å². The average molecular weight is 388 g/mol.